The molecule has 82 valence electrons. The summed E-state index contributed by atoms with van der Waals surface area (Å²) in [4.78, 5) is 14.5. The summed E-state index contributed by atoms with van der Waals surface area (Å²) in [5.74, 6) is -0.183. The maximum absolute atomic E-state index is 12.9. The summed E-state index contributed by atoms with van der Waals surface area (Å²) in [6, 6.07) is 8.09. The lowest BCUT2D eigenvalue weighted by Crippen LogP contribution is -1.99. The summed E-state index contributed by atoms with van der Waals surface area (Å²) in [5.41, 5.74) is 1.53. The Kier molecular flexibility index (Phi) is 3.15. The first-order valence-electron chi connectivity index (χ1n) is 5.16. The molecule has 0 spiro atoms. The second-order valence-corrected chi connectivity index (χ2v) is 3.65. The number of aromatic nitrogens is 1. The number of carbonyl (C=O) groups excluding carboxylic acids is 1. The molecule has 0 atom stereocenters. The van der Waals surface area contributed by atoms with Gasteiger partial charge in [-0.1, -0.05) is 12.1 Å². The summed E-state index contributed by atoms with van der Waals surface area (Å²) in [7, 11) is 0. The van der Waals surface area contributed by atoms with Crippen molar-refractivity contribution in [2.75, 3.05) is 0 Å². The molecule has 0 amide bonds. The first-order valence-corrected chi connectivity index (χ1v) is 5.16. The number of Topliss-reactive ketones (excluding diaryl/α,β-unsaturated/α-hetero) is 1. The number of ketones is 1. The van der Waals surface area contributed by atoms with Gasteiger partial charge in [0.05, 0.1) is 0 Å². The van der Waals surface area contributed by atoms with Gasteiger partial charge in [-0.2, -0.15) is 0 Å². The molecule has 0 bridgehead atoms. The lowest BCUT2D eigenvalue weighted by Gasteiger charge is -2.00. The number of aryl methyl sites for hydroxylation is 1. The fraction of sp³-hybridized carbons (Fsp3) is 0.154. The molecule has 0 aliphatic heterocycles. The Labute approximate surface area is 93.1 Å². The van der Waals surface area contributed by atoms with Gasteiger partial charge in [0.25, 0.3) is 0 Å². The molecular weight excluding hydrogens is 205 g/mol. The number of benzene rings is 1. The molecule has 1 aromatic heterocycles. The van der Waals surface area contributed by atoms with Crippen molar-refractivity contribution in [1.29, 1.82) is 0 Å². The second kappa shape index (κ2) is 4.75. The van der Waals surface area contributed by atoms with Gasteiger partial charge in [0, 0.05) is 24.4 Å². The predicted molar refractivity (Wildman–Crippen MR) is 59.8 cm³/mol. The van der Waals surface area contributed by atoms with Gasteiger partial charge >= 0.3 is 0 Å². The standard InChI is InChI=1S/C13H12FNO/c14-12-3-1-2-10(8-12)4-5-13(16)11-6-7-15-9-11/h1-3,6-9,15H,4-5H2. The fourth-order valence-corrected chi connectivity index (χ4v) is 1.59. The zero-order valence-corrected chi connectivity index (χ0v) is 8.74. The lowest BCUT2D eigenvalue weighted by atomic mass is 10.0. The quantitative estimate of drug-likeness (QED) is 0.784. The van der Waals surface area contributed by atoms with Crippen molar-refractivity contribution in [2.24, 2.45) is 0 Å². The van der Waals surface area contributed by atoms with Crippen LogP contribution in [-0.2, 0) is 6.42 Å². The van der Waals surface area contributed by atoms with E-state index in [2.05, 4.69) is 4.98 Å². The van der Waals surface area contributed by atoms with Crippen LogP contribution in [0.3, 0.4) is 0 Å². The van der Waals surface area contributed by atoms with E-state index in [4.69, 9.17) is 0 Å². The van der Waals surface area contributed by atoms with E-state index < -0.39 is 0 Å². The van der Waals surface area contributed by atoms with Gasteiger partial charge in [0.2, 0.25) is 0 Å². The minimum Gasteiger partial charge on any atom is -0.367 e. The van der Waals surface area contributed by atoms with E-state index in [0.29, 0.717) is 18.4 Å². The Hall–Kier alpha value is -1.90. The molecule has 0 aliphatic rings. The number of hydrogen-bond donors (Lipinski definition) is 1. The summed E-state index contributed by atoms with van der Waals surface area (Å²) in [6.45, 7) is 0. The van der Waals surface area contributed by atoms with Crippen LogP contribution in [0.2, 0.25) is 0 Å². The summed E-state index contributed by atoms with van der Waals surface area (Å²) >= 11 is 0. The van der Waals surface area contributed by atoms with Crippen LogP contribution in [-0.4, -0.2) is 10.8 Å². The molecule has 2 rings (SSSR count). The van der Waals surface area contributed by atoms with Gasteiger partial charge in [0.15, 0.2) is 5.78 Å². The third-order valence-electron chi connectivity index (χ3n) is 2.45. The van der Waals surface area contributed by atoms with E-state index >= 15 is 0 Å². The number of carbonyl (C=O) groups is 1. The SMILES string of the molecule is O=C(CCc1cccc(F)c1)c1cc[nH]c1. The second-order valence-electron chi connectivity index (χ2n) is 3.65. The van der Waals surface area contributed by atoms with Crippen LogP contribution in [0.25, 0.3) is 0 Å². The zero-order chi connectivity index (χ0) is 11.4. The highest BCUT2D eigenvalue weighted by Gasteiger charge is 2.06. The number of nitrogens with one attached hydrogen (secondary N) is 1. The molecule has 0 aliphatic carbocycles. The Balaban J connectivity index is 1.95. The average Bonchev–Trinajstić information content (AvgIpc) is 2.79. The topological polar surface area (TPSA) is 32.9 Å². The van der Waals surface area contributed by atoms with Crippen molar-refractivity contribution in [1.82, 2.24) is 4.98 Å². The first-order chi connectivity index (χ1) is 7.75. The highest BCUT2D eigenvalue weighted by molar-refractivity contribution is 5.95. The van der Waals surface area contributed by atoms with E-state index in [9.17, 15) is 9.18 Å². The first kappa shape index (κ1) is 10.6. The third-order valence-corrected chi connectivity index (χ3v) is 2.45. The molecule has 16 heavy (non-hydrogen) atoms. The van der Waals surface area contributed by atoms with E-state index in [1.807, 2.05) is 6.07 Å². The highest BCUT2D eigenvalue weighted by atomic mass is 19.1. The van der Waals surface area contributed by atoms with Crippen LogP contribution >= 0.6 is 0 Å². The minimum absolute atomic E-state index is 0.0745. The Bertz CT molecular complexity index is 476. The normalized spacial score (nSPS) is 10.3. The van der Waals surface area contributed by atoms with Crippen molar-refractivity contribution in [3.8, 4) is 0 Å². The molecule has 1 heterocycles. The maximum Gasteiger partial charge on any atom is 0.164 e. The minimum atomic E-state index is -0.258. The number of rotatable bonds is 4. The number of aromatic amines is 1. The van der Waals surface area contributed by atoms with Crippen molar-refractivity contribution in [2.45, 2.75) is 12.8 Å². The van der Waals surface area contributed by atoms with E-state index in [1.165, 1.54) is 12.1 Å². The Morgan fingerprint density at radius 1 is 1.31 bits per heavy atom. The van der Waals surface area contributed by atoms with E-state index in [1.54, 1.807) is 24.5 Å². The lowest BCUT2D eigenvalue weighted by molar-refractivity contribution is 0.0983. The molecule has 3 heteroatoms. The van der Waals surface area contributed by atoms with Crippen molar-refractivity contribution >= 4 is 5.78 Å². The van der Waals surface area contributed by atoms with Gasteiger partial charge in [-0.25, -0.2) is 4.39 Å². The number of halogens is 1. The summed E-state index contributed by atoms with van der Waals surface area (Å²) in [5, 5.41) is 0. The molecule has 0 saturated carbocycles. The molecule has 0 saturated heterocycles. The molecule has 1 aromatic carbocycles. The van der Waals surface area contributed by atoms with Crippen LogP contribution in [0, 0.1) is 5.82 Å². The molecular formula is C13H12FNO. The van der Waals surface area contributed by atoms with Gasteiger partial charge in [-0.15, -0.1) is 0 Å². The van der Waals surface area contributed by atoms with Gasteiger partial charge in [-0.3, -0.25) is 4.79 Å². The van der Waals surface area contributed by atoms with E-state index in [0.717, 1.165) is 5.56 Å². The smallest absolute Gasteiger partial charge is 0.164 e. The molecule has 0 unspecified atom stereocenters. The average molecular weight is 217 g/mol. The molecule has 2 aromatic rings. The highest BCUT2D eigenvalue weighted by Crippen LogP contribution is 2.09. The van der Waals surface area contributed by atoms with Crippen molar-refractivity contribution in [3.63, 3.8) is 0 Å². The summed E-state index contributed by atoms with van der Waals surface area (Å²) < 4.78 is 12.9. The molecule has 2 nitrogen and oxygen atoms in total. The van der Waals surface area contributed by atoms with E-state index in [-0.39, 0.29) is 11.6 Å². The van der Waals surface area contributed by atoms with Crippen molar-refractivity contribution in [3.05, 3.63) is 59.7 Å². The van der Waals surface area contributed by atoms with Gasteiger partial charge in [0.1, 0.15) is 5.82 Å². The molecule has 1 N–H and O–H groups in total. The largest absolute Gasteiger partial charge is 0.367 e. The Morgan fingerprint density at radius 2 is 2.19 bits per heavy atom. The number of hydrogen-bond acceptors (Lipinski definition) is 1. The maximum atomic E-state index is 12.9. The van der Waals surface area contributed by atoms with Crippen molar-refractivity contribution < 1.29 is 9.18 Å². The molecule has 0 fully saturated rings. The van der Waals surface area contributed by atoms with Gasteiger partial charge < -0.3 is 4.98 Å². The summed E-state index contributed by atoms with van der Waals surface area (Å²) in [6.07, 6.45) is 4.37. The van der Waals surface area contributed by atoms with Gasteiger partial charge in [-0.05, 0) is 30.2 Å². The van der Waals surface area contributed by atoms with Crippen LogP contribution in [0.15, 0.2) is 42.7 Å². The fourth-order valence-electron chi connectivity index (χ4n) is 1.59. The predicted octanol–water partition coefficient (Wildman–Crippen LogP) is 2.97. The van der Waals surface area contributed by atoms with Crippen LogP contribution in [0.4, 0.5) is 4.39 Å². The zero-order valence-electron chi connectivity index (χ0n) is 8.74. The van der Waals surface area contributed by atoms with Crippen LogP contribution < -0.4 is 0 Å². The monoisotopic (exact) mass is 217 g/mol. The van der Waals surface area contributed by atoms with Crippen LogP contribution in [0.1, 0.15) is 22.3 Å². The molecule has 0 radical (unpaired) electrons. The number of H-pyrrole nitrogens is 1. The Morgan fingerprint density at radius 3 is 2.88 bits per heavy atom. The van der Waals surface area contributed by atoms with Crippen LogP contribution in [0.5, 0.6) is 0 Å². The third kappa shape index (κ3) is 2.57.